The van der Waals surface area contributed by atoms with E-state index < -0.39 is 0 Å². The molecule has 4 nitrogen and oxygen atoms in total. The molecule has 4 heteroatoms. The highest BCUT2D eigenvalue weighted by Gasteiger charge is 2.16. The summed E-state index contributed by atoms with van der Waals surface area (Å²) >= 11 is 0. The highest BCUT2D eigenvalue weighted by molar-refractivity contribution is 5.77. The molecule has 0 unspecified atom stereocenters. The van der Waals surface area contributed by atoms with E-state index in [1.165, 1.54) is 0 Å². The predicted octanol–water partition coefficient (Wildman–Crippen LogP) is 2.68. The molecule has 2 rings (SSSR count). The SMILES string of the molecule is CCC(CC)n1c(N)nc2c(C)ccnc21. The van der Waals surface area contributed by atoms with Crippen molar-refractivity contribution in [3.63, 3.8) is 0 Å². The number of aromatic nitrogens is 3. The minimum atomic E-state index is 0.388. The zero-order chi connectivity index (χ0) is 11.7. The molecule has 2 aromatic heterocycles. The topological polar surface area (TPSA) is 56.7 Å². The molecule has 0 aliphatic heterocycles. The highest BCUT2D eigenvalue weighted by atomic mass is 15.2. The molecule has 86 valence electrons. The van der Waals surface area contributed by atoms with Crippen LogP contribution in [0.3, 0.4) is 0 Å². The summed E-state index contributed by atoms with van der Waals surface area (Å²) in [5.74, 6) is 0.575. The quantitative estimate of drug-likeness (QED) is 0.861. The molecular weight excluding hydrogens is 200 g/mol. The number of hydrogen-bond donors (Lipinski definition) is 1. The molecule has 0 aliphatic rings. The summed E-state index contributed by atoms with van der Waals surface area (Å²) in [5, 5.41) is 0. The molecule has 2 N–H and O–H groups in total. The Hall–Kier alpha value is -1.58. The lowest BCUT2D eigenvalue weighted by molar-refractivity contribution is 0.486. The first-order valence-electron chi connectivity index (χ1n) is 5.78. The van der Waals surface area contributed by atoms with E-state index in [0.29, 0.717) is 12.0 Å². The molecule has 0 spiro atoms. The monoisotopic (exact) mass is 218 g/mol. The Morgan fingerprint density at radius 2 is 2.06 bits per heavy atom. The minimum absolute atomic E-state index is 0.388. The number of anilines is 1. The first-order chi connectivity index (χ1) is 7.69. The fraction of sp³-hybridized carbons (Fsp3) is 0.500. The van der Waals surface area contributed by atoms with Crippen LogP contribution in [0.4, 0.5) is 5.95 Å². The molecule has 0 atom stereocenters. The number of rotatable bonds is 3. The van der Waals surface area contributed by atoms with Crippen LogP contribution in [0.2, 0.25) is 0 Å². The van der Waals surface area contributed by atoms with Gasteiger partial charge in [0.05, 0.1) is 0 Å². The van der Waals surface area contributed by atoms with Gasteiger partial charge < -0.3 is 5.73 Å². The second-order valence-electron chi connectivity index (χ2n) is 4.11. The molecule has 2 aromatic rings. The largest absolute Gasteiger partial charge is 0.369 e. The third kappa shape index (κ3) is 1.54. The van der Waals surface area contributed by atoms with Crippen molar-refractivity contribution in [3.05, 3.63) is 17.8 Å². The van der Waals surface area contributed by atoms with Crippen LogP contribution < -0.4 is 5.73 Å². The van der Waals surface area contributed by atoms with Gasteiger partial charge in [0.2, 0.25) is 5.95 Å². The van der Waals surface area contributed by atoms with Crippen molar-refractivity contribution in [2.24, 2.45) is 0 Å². The number of aryl methyl sites for hydroxylation is 1. The Morgan fingerprint density at radius 3 is 2.69 bits per heavy atom. The van der Waals surface area contributed by atoms with Gasteiger partial charge in [-0.2, -0.15) is 0 Å². The van der Waals surface area contributed by atoms with Crippen molar-refractivity contribution in [2.45, 2.75) is 39.7 Å². The molecule has 0 bridgehead atoms. The number of nitrogens with two attached hydrogens (primary N) is 1. The number of pyridine rings is 1. The summed E-state index contributed by atoms with van der Waals surface area (Å²) < 4.78 is 2.06. The summed E-state index contributed by atoms with van der Waals surface area (Å²) in [6, 6.07) is 2.35. The third-order valence-electron chi connectivity index (χ3n) is 3.12. The summed E-state index contributed by atoms with van der Waals surface area (Å²) in [6.45, 7) is 6.36. The van der Waals surface area contributed by atoms with Crippen LogP contribution in [0.15, 0.2) is 12.3 Å². The first-order valence-corrected chi connectivity index (χ1v) is 5.78. The highest BCUT2D eigenvalue weighted by Crippen LogP contribution is 2.26. The van der Waals surface area contributed by atoms with Gasteiger partial charge >= 0.3 is 0 Å². The summed E-state index contributed by atoms with van der Waals surface area (Å²) in [7, 11) is 0. The maximum Gasteiger partial charge on any atom is 0.202 e. The average Bonchev–Trinajstić information content (AvgIpc) is 2.60. The number of fused-ring (bicyclic) bond motifs is 1. The lowest BCUT2D eigenvalue weighted by Gasteiger charge is -2.16. The van der Waals surface area contributed by atoms with E-state index >= 15 is 0 Å². The molecule has 0 fully saturated rings. The smallest absolute Gasteiger partial charge is 0.202 e. The second-order valence-corrected chi connectivity index (χ2v) is 4.11. The normalized spacial score (nSPS) is 11.5. The molecule has 16 heavy (non-hydrogen) atoms. The van der Waals surface area contributed by atoms with Crippen LogP contribution in [-0.2, 0) is 0 Å². The predicted molar refractivity (Wildman–Crippen MR) is 66.3 cm³/mol. The van der Waals surface area contributed by atoms with Gasteiger partial charge in [-0.25, -0.2) is 9.97 Å². The lowest BCUT2D eigenvalue weighted by Crippen LogP contribution is -2.10. The Bertz CT molecular complexity index is 497. The van der Waals surface area contributed by atoms with Gasteiger partial charge in [-0.3, -0.25) is 4.57 Å². The lowest BCUT2D eigenvalue weighted by atomic mass is 10.1. The van der Waals surface area contributed by atoms with Crippen LogP contribution in [0.5, 0.6) is 0 Å². The number of nitrogen functional groups attached to an aromatic ring is 1. The van der Waals surface area contributed by atoms with E-state index in [-0.39, 0.29) is 0 Å². The van der Waals surface area contributed by atoms with Gasteiger partial charge in [-0.1, -0.05) is 13.8 Å². The molecule has 0 amide bonds. The van der Waals surface area contributed by atoms with Gasteiger partial charge in [0, 0.05) is 12.2 Å². The molecular formula is C12H18N4. The van der Waals surface area contributed by atoms with Gasteiger partial charge in [0.15, 0.2) is 5.65 Å². The van der Waals surface area contributed by atoms with Gasteiger partial charge in [-0.15, -0.1) is 0 Å². The second kappa shape index (κ2) is 4.12. The van der Waals surface area contributed by atoms with E-state index in [0.717, 1.165) is 29.6 Å². The van der Waals surface area contributed by atoms with E-state index in [1.807, 2.05) is 19.2 Å². The Kier molecular flexibility index (Phi) is 2.81. The molecule has 0 saturated heterocycles. The van der Waals surface area contributed by atoms with Crippen molar-refractivity contribution in [2.75, 3.05) is 5.73 Å². The first kappa shape index (κ1) is 10.9. The maximum absolute atomic E-state index is 5.99. The maximum atomic E-state index is 5.99. The average molecular weight is 218 g/mol. The Labute approximate surface area is 95.5 Å². The third-order valence-corrected chi connectivity index (χ3v) is 3.12. The van der Waals surface area contributed by atoms with Crippen molar-refractivity contribution in [3.8, 4) is 0 Å². The number of hydrogen-bond acceptors (Lipinski definition) is 3. The van der Waals surface area contributed by atoms with Crippen molar-refractivity contribution in [1.29, 1.82) is 0 Å². The van der Waals surface area contributed by atoms with Crippen LogP contribution in [-0.4, -0.2) is 14.5 Å². The van der Waals surface area contributed by atoms with E-state index in [1.54, 1.807) is 0 Å². The van der Waals surface area contributed by atoms with Crippen molar-refractivity contribution in [1.82, 2.24) is 14.5 Å². The minimum Gasteiger partial charge on any atom is -0.369 e. The van der Waals surface area contributed by atoms with Crippen molar-refractivity contribution >= 4 is 17.1 Å². The van der Waals surface area contributed by atoms with Crippen LogP contribution >= 0.6 is 0 Å². The summed E-state index contributed by atoms with van der Waals surface area (Å²) in [4.78, 5) is 8.81. The van der Waals surface area contributed by atoms with Crippen molar-refractivity contribution < 1.29 is 0 Å². The zero-order valence-electron chi connectivity index (χ0n) is 10.1. The van der Waals surface area contributed by atoms with Gasteiger partial charge in [-0.05, 0) is 31.4 Å². The zero-order valence-corrected chi connectivity index (χ0v) is 10.1. The number of nitrogens with zero attached hydrogens (tertiary/aromatic N) is 3. The fourth-order valence-electron chi connectivity index (χ4n) is 2.14. The van der Waals surface area contributed by atoms with E-state index in [2.05, 4.69) is 28.4 Å². The van der Waals surface area contributed by atoms with Crippen LogP contribution in [0.1, 0.15) is 38.3 Å². The van der Waals surface area contributed by atoms with E-state index in [9.17, 15) is 0 Å². The van der Waals surface area contributed by atoms with Crippen LogP contribution in [0.25, 0.3) is 11.2 Å². The van der Waals surface area contributed by atoms with Crippen LogP contribution in [0, 0.1) is 6.92 Å². The molecule has 0 aliphatic carbocycles. The molecule has 2 heterocycles. The van der Waals surface area contributed by atoms with E-state index in [4.69, 9.17) is 5.73 Å². The van der Waals surface area contributed by atoms with Gasteiger partial charge in [0.1, 0.15) is 5.52 Å². The molecule has 0 aromatic carbocycles. The number of imidazole rings is 1. The Morgan fingerprint density at radius 1 is 1.38 bits per heavy atom. The summed E-state index contributed by atoms with van der Waals surface area (Å²) in [5.41, 5.74) is 8.94. The molecule has 0 saturated carbocycles. The van der Waals surface area contributed by atoms with Gasteiger partial charge in [0.25, 0.3) is 0 Å². The molecule has 0 radical (unpaired) electrons. The Balaban J connectivity index is 2.69. The standard InChI is InChI=1S/C12H18N4/c1-4-9(5-2)16-11-10(15-12(16)13)8(3)6-7-14-11/h6-7,9H,4-5H2,1-3H3,(H2,13,15). The fourth-order valence-corrected chi connectivity index (χ4v) is 2.14. The summed E-state index contributed by atoms with van der Waals surface area (Å²) in [6.07, 6.45) is 3.90.